The quantitative estimate of drug-likeness (QED) is 0.923. The van der Waals surface area contributed by atoms with Crippen molar-refractivity contribution in [2.75, 3.05) is 6.79 Å². The molecule has 0 spiro atoms. The van der Waals surface area contributed by atoms with E-state index in [1.165, 1.54) is 16.7 Å². The van der Waals surface area contributed by atoms with Gasteiger partial charge >= 0.3 is 0 Å². The van der Waals surface area contributed by atoms with Gasteiger partial charge in [0.2, 0.25) is 6.79 Å². The van der Waals surface area contributed by atoms with Crippen LogP contribution in [-0.4, -0.2) is 6.79 Å². The van der Waals surface area contributed by atoms with Crippen molar-refractivity contribution < 1.29 is 9.47 Å². The van der Waals surface area contributed by atoms with Crippen molar-refractivity contribution in [2.45, 2.75) is 20.0 Å². The first-order chi connectivity index (χ1) is 9.74. The predicted octanol–water partition coefficient (Wildman–Crippen LogP) is 3.78. The minimum atomic E-state index is 0.307. The summed E-state index contributed by atoms with van der Waals surface area (Å²) in [5.41, 5.74) is 3.80. The largest absolute Gasteiger partial charge is 0.454 e. The molecule has 0 aromatic heterocycles. The number of benzene rings is 2. The fraction of sp³-hybridized carbons (Fsp3) is 0.250. The number of hydrogen-bond donors (Lipinski definition) is 1. The van der Waals surface area contributed by atoms with E-state index in [0.717, 1.165) is 29.1 Å². The average molecular weight is 334 g/mol. The average Bonchev–Trinajstić information content (AvgIpc) is 2.88. The third-order valence-electron chi connectivity index (χ3n) is 3.43. The van der Waals surface area contributed by atoms with Gasteiger partial charge in [-0.2, -0.15) is 0 Å². The molecule has 4 heteroatoms. The van der Waals surface area contributed by atoms with E-state index in [2.05, 4.69) is 52.4 Å². The first-order valence-corrected chi connectivity index (χ1v) is 7.36. The lowest BCUT2D eigenvalue weighted by molar-refractivity contribution is 0.174. The summed E-state index contributed by atoms with van der Waals surface area (Å²) in [7, 11) is 0. The van der Waals surface area contributed by atoms with E-state index in [4.69, 9.17) is 9.47 Å². The van der Waals surface area contributed by atoms with E-state index in [-0.39, 0.29) is 0 Å². The lowest BCUT2D eigenvalue weighted by Gasteiger charge is -2.10. The molecule has 0 unspecified atom stereocenters. The number of aryl methyl sites for hydroxylation is 1. The first-order valence-electron chi connectivity index (χ1n) is 6.57. The molecule has 0 aliphatic carbocycles. The Morgan fingerprint density at radius 2 is 1.75 bits per heavy atom. The molecule has 20 heavy (non-hydrogen) atoms. The summed E-state index contributed by atoms with van der Waals surface area (Å²) in [5.74, 6) is 1.63. The summed E-state index contributed by atoms with van der Waals surface area (Å²) >= 11 is 3.58. The van der Waals surface area contributed by atoms with Crippen LogP contribution in [0, 0.1) is 6.92 Å². The van der Waals surface area contributed by atoms with Gasteiger partial charge in [-0.15, -0.1) is 0 Å². The molecule has 1 heterocycles. The predicted molar refractivity (Wildman–Crippen MR) is 82.0 cm³/mol. The highest BCUT2D eigenvalue weighted by Gasteiger charge is 2.15. The summed E-state index contributed by atoms with van der Waals surface area (Å²) in [6, 6.07) is 12.4. The van der Waals surface area contributed by atoms with Crippen LogP contribution in [0.2, 0.25) is 0 Å². The van der Waals surface area contributed by atoms with Gasteiger partial charge in [-0.3, -0.25) is 0 Å². The summed E-state index contributed by atoms with van der Waals surface area (Å²) in [5, 5.41) is 3.46. The van der Waals surface area contributed by atoms with Crippen molar-refractivity contribution in [1.82, 2.24) is 5.32 Å². The number of ether oxygens (including phenoxy) is 2. The second-order valence-electron chi connectivity index (χ2n) is 4.83. The van der Waals surface area contributed by atoms with Crippen molar-refractivity contribution in [3.05, 3.63) is 57.6 Å². The van der Waals surface area contributed by atoms with Crippen LogP contribution in [0.25, 0.3) is 0 Å². The van der Waals surface area contributed by atoms with Gasteiger partial charge in [-0.25, -0.2) is 0 Å². The molecule has 0 saturated carbocycles. The van der Waals surface area contributed by atoms with Crippen LogP contribution in [0.4, 0.5) is 0 Å². The molecule has 104 valence electrons. The highest BCUT2D eigenvalue weighted by Crippen LogP contribution is 2.36. The Labute approximate surface area is 127 Å². The van der Waals surface area contributed by atoms with Crippen LogP contribution in [0.3, 0.4) is 0 Å². The van der Waals surface area contributed by atoms with Crippen molar-refractivity contribution >= 4 is 15.9 Å². The maximum Gasteiger partial charge on any atom is 0.231 e. The third kappa shape index (κ3) is 2.81. The number of rotatable bonds is 4. The van der Waals surface area contributed by atoms with Gasteiger partial charge in [0.1, 0.15) is 0 Å². The molecule has 3 rings (SSSR count). The smallest absolute Gasteiger partial charge is 0.231 e. The van der Waals surface area contributed by atoms with E-state index >= 15 is 0 Å². The first kappa shape index (κ1) is 13.5. The van der Waals surface area contributed by atoms with E-state index in [9.17, 15) is 0 Å². The molecule has 1 aliphatic rings. The lowest BCUT2D eigenvalue weighted by atomic mass is 10.1. The Balaban J connectivity index is 1.66. The molecule has 0 bridgehead atoms. The van der Waals surface area contributed by atoms with E-state index in [0.29, 0.717) is 6.79 Å². The minimum absolute atomic E-state index is 0.307. The normalized spacial score (nSPS) is 12.7. The molecule has 1 aliphatic heterocycles. The Morgan fingerprint density at radius 3 is 2.55 bits per heavy atom. The maximum atomic E-state index is 5.41. The third-order valence-corrected chi connectivity index (χ3v) is 4.17. The van der Waals surface area contributed by atoms with Crippen molar-refractivity contribution in [3.63, 3.8) is 0 Å². The molecule has 0 amide bonds. The Kier molecular flexibility index (Phi) is 3.94. The van der Waals surface area contributed by atoms with E-state index in [1.807, 2.05) is 12.1 Å². The zero-order valence-electron chi connectivity index (χ0n) is 11.3. The van der Waals surface area contributed by atoms with Gasteiger partial charge in [-0.1, -0.05) is 40.2 Å². The highest BCUT2D eigenvalue weighted by atomic mass is 79.9. The summed E-state index contributed by atoms with van der Waals surface area (Å²) < 4.78 is 11.8. The Morgan fingerprint density at radius 1 is 1.05 bits per heavy atom. The molecule has 0 atom stereocenters. The van der Waals surface area contributed by atoms with Crippen LogP contribution in [0.1, 0.15) is 16.7 Å². The number of halogens is 1. The van der Waals surface area contributed by atoms with Crippen molar-refractivity contribution in [3.8, 4) is 11.5 Å². The molecule has 2 aromatic carbocycles. The van der Waals surface area contributed by atoms with Gasteiger partial charge in [0.25, 0.3) is 0 Å². The minimum Gasteiger partial charge on any atom is -0.454 e. The topological polar surface area (TPSA) is 30.5 Å². The summed E-state index contributed by atoms with van der Waals surface area (Å²) in [4.78, 5) is 0. The fourth-order valence-corrected chi connectivity index (χ4v) is 2.70. The van der Waals surface area contributed by atoms with Crippen molar-refractivity contribution in [2.24, 2.45) is 0 Å². The molecule has 2 aromatic rings. The fourth-order valence-electron chi connectivity index (χ4n) is 2.24. The number of nitrogens with one attached hydrogen (secondary N) is 1. The van der Waals surface area contributed by atoms with Crippen LogP contribution in [0.5, 0.6) is 11.5 Å². The molecule has 0 saturated heterocycles. The Hall–Kier alpha value is -1.52. The lowest BCUT2D eigenvalue weighted by Crippen LogP contribution is -2.13. The van der Waals surface area contributed by atoms with Crippen molar-refractivity contribution in [1.29, 1.82) is 0 Å². The SMILES string of the molecule is Cc1ccccc1CNCc1cc2c(cc1Br)OCO2. The molecular weight excluding hydrogens is 318 g/mol. The van der Waals surface area contributed by atoms with Gasteiger partial charge < -0.3 is 14.8 Å². The molecule has 1 N–H and O–H groups in total. The standard InChI is InChI=1S/C16H16BrNO2/c1-11-4-2-3-5-12(11)8-18-9-13-6-15-16(7-14(13)17)20-10-19-15/h2-7,18H,8-10H2,1H3. The highest BCUT2D eigenvalue weighted by molar-refractivity contribution is 9.10. The van der Waals surface area contributed by atoms with Crippen LogP contribution in [0.15, 0.2) is 40.9 Å². The van der Waals surface area contributed by atoms with Crippen LogP contribution in [-0.2, 0) is 13.1 Å². The van der Waals surface area contributed by atoms with Gasteiger partial charge in [-0.05, 0) is 35.7 Å². The van der Waals surface area contributed by atoms with Crippen LogP contribution < -0.4 is 14.8 Å². The van der Waals surface area contributed by atoms with E-state index in [1.54, 1.807) is 0 Å². The summed E-state index contributed by atoms with van der Waals surface area (Å²) in [6.07, 6.45) is 0. The van der Waals surface area contributed by atoms with Crippen LogP contribution >= 0.6 is 15.9 Å². The summed E-state index contributed by atoms with van der Waals surface area (Å²) in [6.45, 7) is 4.08. The van der Waals surface area contributed by atoms with Gasteiger partial charge in [0, 0.05) is 17.6 Å². The second-order valence-corrected chi connectivity index (χ2v) is 5.68. The number of fused-ring (bicyclic) bond motifs is 1. The van der Waals surface area contributed by atoms with E-state index < -0.39 is 0 Å². The molecule has 0 radical (unpaired) electrons. The molecular formula is C16H16BrNO2. The maximum absolute atomic E-state index is 5.41. The monoisotopic (exact) mass is 333 g/mol. The zero-order valence-corrected chi connectivity index (χ0v) is 12.9. The molecule has 0 fully saturated rings. The second kappa shape index (κ2) is 5.85. The molecule has 3 nitrogen and oxygen atoms in total. The number of hydrogen-bond acceptors (Lipinski definition) is 3. The zero-order chi connectivity index (χ0) is 13.9. The Bertz CT molecular complexity index is 628. The van der Waals surface area contributed by atoms with Gasteiger partial charge in [0.15, 0.2) is 11.5 Å². The van der Waals surface area contributed by atoms with Gasteiger partial charge in [0.05, 0.1) is 0 Å².